The first-order chi connectivity index (χ1) is 12.7. The predicted molar refractivity (Wildman–Crippen MR) is 118 cm³/mol. The Balaban J connectivity index is 1.79. The third-order valence-corrected chi connectivity index (χ3v) is 5.53. The summed E-state index contributed by atoms with van der Waals surface area (Å²) in [7, 11) is 0. The lowest BCUT2D eigenvalue weighted by Crippen LogP contribution is -1.89. The largest absolute Gasteiger partial charge is 0.224 e. The number of hydrogen-bond acceptors (Lipinski definition) is 1. The highest BCUT2D eigenvalue weighted by Gasteiger charge is 2.00. The van der Waals surface area contributed by atoms with E-state index in [9.17, 15) is 0 Å². The second-order valence-corrected chi connectivity index (χ2v) is 8.45. The van der Waals surface area contributed by atoms with Gasteiger partial charge in [-0.05, 0) is 30.5 Å². The summed E-state index contributed by atoms with van der Waals surface area (Å²) >= 11 is 11.9. The van der Waals surface area contributed by atoms with Crippen LogP contribution in [0.5, 0.6) is 0 Å². The maximum atomic E-state index is 5.93. The van der Waals surface area contributed by atoms with Crippen LogP contribution in [0.25, 0.3) is 0 Å². The Labute approximate surface area is 172 Å². The summed E-state index contributed by atoms with van der Waals surface area (Å²) in [5.74, 6) is 0. The molecular weight excluding hydrogens is 361 g/mol. The Morgan fingerprint density at radius 3 is 1.31 bits per heavy atom. The van der Waals surface area contributed by atoms with Crippen molar-refractivity contribution in [3.8, 4) is 0 Å². The Kier molecular flexibility index (Phi) is 15.4. The molecule has 1 nitrogen and oxygen atoms in total. The topological polar surface area (TPSA) is 12.9 Å². The summed E-state index contributed by atoms with van der Waals surface area (Å²) in [5.41, 5.74) is 1.21. The molecule has 0 aromatic carbocycles. The lowest BCUT2D eigenvalue weighted by Gasteiger charge is -2.04. The molecule has 0 N–H and O–H groups in total. The van der Waals surface area contributed by atoms with E-state index in [1.54, 1.807) is 0 Å². The zero-order valence-corrected chi connectivity index (χ0v) is 18.4. The number of halogens is 2. The van der Waals surface area contributed by atoms with Gasteiger partial charge in [0.05, 0.1) is 0 Å². The van der Waals surface area contributed by atoms with Gasteiger partial charge in [0, 0.05) is 0 Å². The highest BCUT2D eigenvalue weighted by atomic mass is 35.5. The third kappa shape index (κ3) is 13.9. The third-order valence-electron chi connectivity index (χ3n) is 5.14. The molecule has 0 aliphatic heterocycles. The molecule has 0 unspecified atom stereocenters. The van der Waals surface area contributed by atoms with Gasteiger partial charge >= 0.3 is 0 Å². The van der Waals surface area contributed by atoms with Crippen molar-refractivity contribution in [2.75, 3.05) is 0 Å². The first kappa shape index (κ1) is 23.8. The number of pyridine rings is 1. The fraction of sp³-hybridized carbons (Fsp3) is 0.783. The van der Waals surface area contributed by atoms with Crippen molar-refractivity contribution in [3.05, 3.63) is 28.0 Å². The molecule has 0 radical (unpaired) electrons. The predicted octanol–water partition coefficient (Wildman–Crippen LogP) is 9.19. The fourth-order valence-corrected chi connectivity index (χ4v) is 4.04. The molecule has 0 bridgehead atoms. The SMILES string of the molecule is CCCCCCCCCCCCCCCCCCc1cc(Cl)nc(Cl)c1. The van der Waals surface area contributed by atoms with Crippen LogP contribution in [0, 0.1) is 0 Å². The minimum atomic E-state index is 0.504. The van der Waals surface area contributed by atoms with E-state index in [0.717, 1.165) is 6.42 Å². The van der Waals surface area contributed by atoms with E-state index in [2.05, 4.69) is 11.9 Å². The van der Waals surface area contributed by atoms with Crippen LogP contribution < -0.4 is 0 Å². The van der Waals surface area contributed by atoms with Gasteiger partial charge in [-0.25, -0.2) is 4.98 Å². The zero-order chi connectivity index (χ0) is 18.9. The number of rotatable bonds is 17. The molecule has 1 heterocycles. The smallest absolute Gasteiger partial charge is 0.131 e. The van der Waals surface area contributed by atoms with Crippen molar-refractivity contribution in [2.45, 2.75) is 116 Å². The second kappa shape index (κ2) is 16.9. The Morgan fingerprint density at radius 2 is 0.923 bits per heavy atom. The van der Waals surface area contributed by atoms with E-state index in [1.165, 1.54) is 108 Å². The Bertz CT molecular complexity index is 428. The molecule has 150 valence electrons. The van der Waals surface area contributed by atoms with Gasteiger partial charge in [0.1, 0.15) is 10.3 Å². The van der Waals surface area contributed by atoms with E-state index in [0.29, 0.717) is 10.3 Å². The standard InChI is InChI=1S/C23H39Cl2N/c1-2-3-4-5-6-7-8-9-10-11-12-13-14-15-16-17-18-21-19-22(24)26-23(25)20-21/h19-20H,2-18H2,1H3. The lowest BCUT2D eigenvalue weighted by molar-refractivity contribution is 0.529. The van der Waals surface area contributed by atoms with Crippen molar-refractivity contribution >= 4 is 23.2 Å². The second-order valence-electron chi connectivity index (χ2n) is 7.67. The van der Waals surface area contributed by atoms with Gasteiger partial charge < -0.3 is 0 Å². The van der Waals surface area contributed by atoms with Crippen LogP contribution in [0.4, 0.5) is 0 Å². The summed E-state index contributed by atoms with van der Waals surface area (Å²) in [6, 6.07) is 3.86. The first-order valence-corrected chi connectivity index (χ1v) is 11.8. The van der Waals surface area contributed by atoms with E-state index in [4.69, 9.17) is 23.2 Å². The molecule has 1 aromatic heterocycles. The molecule has 0 saturated heterocycles. The van der Waals surface area contributed by atoms with Crippen LogP contribution in [0.2, 0.25) is 10.3 Å². The van der Waals surface area contributed by atoms with Crippen molar-refractivity contribution in [2.24, 2.45) is 0 Å². The van der Waals surface area contributed by atoms with E-state index in [1.807, 2.05) is 12.1 Å². The summed E-state index contributed by atoms with van der Waals surface area (Å²) in [6.07, 6.45) is 23.5. The monoisotopic (exact) mass is 399 g/mol. The van der Waals surface area contributed by atoms with Gasteiger partial charge in [-0.1, -0.05) is 126 Å². The zero-order valence-electron chi connectivity index (χ0n) is 16.9. The lowest BCUT2D eigenvalue weighted by atomic mass is 10.0. The maximum Gasteiger partial charge on any atom is 0.131 e. The van der Waals surface area contributed by atoms with Crippen LogP contribution in [-0.4, -0.2) is 4.98 Å². The van der Waals surface area contributed by atoms with Crippen molar-refractivity contribution in [3.63, 3.8) is 0 Å². The van der Waals surface area contributed by atoms with Crippen LogP contribution in [0.15, 0.2) is 12.1 Å². The van der Waals surface area contributed by atoms with Crippen molar-refractivity contribution in [1.82, 2.24) is 4.98 Å². The van der Waals surface area contributed by atoms with Crippen LogP contribution in [-0.2, 0) is 6.42 Å². The normalized spacial score (nSPS) is 11.2. The van der Waals surface area contributed by atoms with E-state index in [-0.39, 0.29) is 0 Å². The minimum absolute atomic E-state index is 0.504. The summed E-state index contributed by atoms with van der Waals surface area (Å²) in [4.78, 5) is 3.99. The average Bonchev–Trinajstić information content (AvgIpc) is 2.60. The van der Waals surface area contributed by atoms with Crippen molar-refractivity contribution < 1.29 is 0 Å². The molecule has 0 amide bonds. The van der Waals surface area contributed by atoms with Gasteiger partial charge in [0.25, 0.3) is 0 Å². The van der Waals surface area contributed by atoms with Crippen LogP contribution in [0.3, 0.4) is 0 Å². The van der Waals surface area contributed by atoms with Crippen LogP contribution in [0.1, 0.15) is 115 Å². The maximum absolute atomic E-state index is 5.93. The molecule has 26 heavy (non-hydrogen) atoms. The summed E-state index contributed by atoms with van der Waals surface area (Å²) in [5, 5.41) is 1.01. The van der Waals surface area contributed by atoms with Crippen molar-refractivity contribution in [1.29, 1.82) is 0 Å². The molecule has 0 spiro atoms. The van der Waals surface area contributed by atoms with Gasteiger partial charge in [-0.2, -0.15) is 0 Å². The molecule has 0 atom stereocenters. The molecular formula is C23H39Cl2N. The van der Waals surface area contributed by atoms with E-state index < -0.39 is 0 Å². The van der Waals surface area contributed by atoms with Gasteiger partial charge in [-0.15, -0.1) is 0 Å². The first-order valence-electron chi connectivity index (χ1n) is 11.0. The van der Waals surface area contributed by atoms with Gasteiger partial charge in [-0.3, -0.25) is 0 Å². The number of aryl methyl sites for hydroxylation is 1. The number of unbranched alkanes of at least 4 members (excludes halogenated alkanes) is 15. The molecule has 0 fully saturated rings. The molecule has 0 aliphatic carbocycles. The highest BCUT2D eigenvalue weighted by molar-refractivity contribution is 6.32. The number of hydrogen-bond donors (Lipinski definition) is 0. The number of aromatic nitrogens is 1. The Hall–Kier alpha value is -0.270. The summed E-state index contributed by atoms with van der Waals surface area (Å²) < 4.78 is 0. The minimum Gasteiger partial charge on any atom is -0.224 e. The molecule has 1 aromatic rings. The molecule has 0 aliphatic rings. The highest BCUT2D eigenvalue weighted by Crippen LogP contribution is 2.18. The Morgan fingerprint density at radius 1 is 0.577 bits per heavy atom. The molecule has 0 saturated carbocycles. The van der Waals surface area contributed by atoms with Gasteiger partial charge in [0.2, 0.25) is 0 Å². The van der Waals surface area contributed by atoms with Gasteiger partial charge in [0.15, 0.2) is 0 Å². The van der Waals surface area contributed by atoms with E-state index >= 15 is 0 Å². The average molecular weight is 400 g/mol. The quantitative estimate of drug-likeness (QED) is 0.188. The fourth-order valence-electron chi connectivity index (χ4n) is 3.54. The number of nitrogens with zero attached hydrogens (tertiary/aromatic N) is 1. The summed E-state index contributed by atoms with van der Waals surface area (Å²) in [6.45, 7) is 2.29. The molecule has 3 heteroatoms. The molecule has 1 rings (SSSR count). The van der Waals surface area contributed by atoms with Crippen LogP contribution >= 0.6 is 23.2 Å².